The van der Waals surface area contributed by atoms with Crippen LogP contribution in [0.5, 0.6) is 0 Å². The fourth-order valence-electron chi connectivity index (χ4n) is 1.09. The highest BCUT2D eigenvalue weighted by molar-refractivity contribution is 6.20. The van der Waals surface area contributed by atoms with Gasteiger partial charge in [-0.3, -0.25) is 0 Å². The average molecular weight is 164 g/mol. The van der Waals surface area contributed by atoms with Gasteiger partial charge in [0.15, 0.2) is 0 Å². The zero-order chi connectivity index (χ0) is 8.15. The lowest BCUT2D eigenvalue weighted by atomic mass is 10.1. The number of halogens is 1. The van der Waals surface area contributed by atoms with Gasteiger partial charge in [-0.15, -0.1) is 11.6 Å². The maximum atomic E-state index is 6.03. The van der Waals surface area contributed by atoms with E-state index in [4.69, 9.17) is 11.6 Å². The van der Waals surface area contributed by atoms with Gasteiger partial charge < -0.3 is 4.90 Å². The summed E-state index contributed by atoms with van der Waals surface area (Å²) in [5.41, 5.74) is 0. The van der Waals surface area contributed by atoms with Gasteiger partial charge in [0.2, 0.25) is 0 Å². The van der Waals surface area contributed by atoms with Gasteiger partial charge in [-0.05, 0) is 26.4 Å². The van der Waals surface area contributed by atoms with Crippen molar-refractivity contribution in [3.8, 4) is 0 Å². The summed E-state index contributed by atoms with van der Waals surface area (Å²) in [5, 5.41) is 0.336. The molecule has 0 fully saturated rings. The largest absolute Gasteiger partial charge is 0.309 e. The third-order valence-corrected chi connectivity index (χ3v) is 2.40. The molecule has 0 amide bonds. The molecule has 0 aliphatic heterocycles. The van der Waals surface area contributed by atoms with E-state index in [0.29, 0.717) is 11.3 Å². The van der Waals surface area contributed by atoms with Crippen molar-refractivity contribution in [3.05, 3.63) is 0 Å². The third kappa shape index (κ3) is 4.13. The first-order valence-corrected chi connectivity index (χ1v) is 4.30. The van der Waals surface area contributed by atoms with Crippen molar-refractivity contribution in [2.75, 3.05) is 20.6 Å². The molecule has 0 aliphatic carbocycles. The lowest BCUT2D eigenvalue weighted by molar-refractivity contribution is 0.329. The van der Waals surface area contributed by atoms with E-state index in [9.17, 15) is 0 Å². The molecule has 2 atom stereocenters. The first kappa shape index (κ1) is 10.2. The molecule has 0 aromatic rings. The maximum Gasteiger partial charge on any atom is 0.0371 e. The predicted octanol–water partition coefficient (Wildman–Crippen LogP) is 2.20. The number of hydrogen-bond acceptors (Lipinski definition) is 1. The Balaban J connectivity index is 3.50. The molecule has 0 N–H and O–H groups in total. The minimum Gasteiger partial charge on any atom is -0.309 e. The molecule has 2 heteroatoms. The molecule has 0 saturated carbocycles. The number of rotatable bonds is 4. The Morgan fingerprint density at radius 3 is 2.20 bits per heavy atom. The van der Waals surface area contributed by atoms with Gasteiger partial charge in [0.25, 0.3) is 0 Å². The quantitative estimate of drug-likeness (QED) is 0.575. The zero-order valence-corrected chi connectivity index (χ0v) is 8.15. The van der Waals surface area contributed by atoms with Gasteiger partial charge in [0.05, 0.1) is 0 Å². The predicted molar refractivity (Wildman–Crippen MR) is 47.7 cm³/mol. The first-order valence-electron chi connectivity index (χ1n) is 3.86. The minimum atomic E-state index is 0.336. The molecule has 0 saturated heterocycles. The van der Waals surface area contributed by atoms with E-state index in [0.717, 1.165) is 13.0 Å². The number of alkyl halides is 1. The van der Waals surface area contributed by atoms with Crippen molar-refractivity contribution in [2.24, 2.45) is 5.92 Å². The maximum absolute atomic E-state index is 6.03. The summed E-state index contributed by atoms with van der Waals surface area (Å²) >= 11 is 6.03. The molecule has 0 aromatic heterocycles. The Morgan fingerprint density at radius 2 is 1.90 bits per heavy atom. The van der Waals surface area contributed by atoms with Gasteiger partial charge >= 0.3 is 0 Å². The summed E-state index contributed by atoms with van der Waals surface area (Å²) < 4.78 is 0. The molecule has 0 aromatic carbocycles. The topological polar surface area (TPSA) is 3.24 Å². The van der Waals surface area contributed by atoms with Crippen molar-refractivity contribution in [3.63, 3.8) is 0 Å². The molecule has 10 heavy (non-hydrogen) atoms. The van der Waals surface area contributed by atoms with E-state index in [-0.39, 0.29) is 0 Å². The molecule has 0 radical (unpaired) electrons. The van der Waals surface area contributed by atoms with E-state index in [1.54, 1.807) is 0 Å². The molecule has 0 spiro atoms. The van der Waals surface area contributed by atoms with E-state index < -0.39 is 0 Å². The van der Waals surface area contributed by atoms with Crippen LogP contribution in [-0.2, 0) is 0 Å². The minimum absolute atomic E-state index is 0.336. The van der Waals surface area contributed by atoms with E-state index in [2.05, 4.69) is 32.8 Å². The zero-order valence-electron chi connectivity index (χ0n) is 7.39. The van der Waals surface area contributed by atoms with Crippen molar-refractivity contribution in [1.29, 1.82) is 0 Å². The van der Waals surface area contributed by atoms with Gasteiger partial charge in [-0.1, -0.05) is 13.8 Å². The van der Waals surface area contributed by atoms with E-state index in [1.165, 1.54) is 0 Å². The first-order chi connectivity index (χ1) is 4.57. The fourth-order valence-corrected chi connectivity index (χ4v) is 1.17. The van der Waals surface area contributed by atoms with Crippen molar-refractivity contribution < 1.29 is 0 Å². The van der Waals surface area contributed by atoms with Gasteiger partial charge in [0, 0.05) is 11.9 Å². The van der Waals surface area contributed by atoms with Crippen molar-refractivity contribution in [2.45, 2.75) is 25.6 Å². The second kappa shape index (κ2) is 4.97. The smallest absolute Gasteiger partial charge is 0.0371 e. The van der Waals surface area contributed by atoms with Crippen LogP contribution in [-0.4, -0.2) is 30.9 Å². The average Bonchev–Trinajstić information content (AvgIpc) is 1.85. The van der Waals surface area contributed by atoms with E-state index >= 15 is 0 Å². The van der Waals surface area contributed by atoms with Crippen molar-refractivity contribution >= 4 is 11.6 Å². The van der Waals surface area contributed by atoms with Gasteiger partial charge in [-0.2, -0.15) is 0 Å². The lowest BCUT2D eigenvalue weighted by Crippen LogP contribution is -2.25. The fraction of sp³-hybridized carbons (Fsp3) is 1.00. The molecule has 0 unspecified atom stereocenters. The van der Waals surface area contributed by atoms with E-state index in [1.807, 2.05) is 0 Å². The summed E-state index contributed by atoms with van der Waals surface area (Å²) in [6, 6.07) is 0. The molecule has 1 nitrogen and oxygen atoms in total. The van der Waals surface area contributed by atoms with Crippen LogP contribution in [0.1, 0.15) is 20.3 Å². The summed E-state index contributed by atoms with van der Waals surface area (Å²) in [7, 11) is 4.16. The monoisotopic (exact) mass is 163 g/mol. The van der Waals surface area contributed by atoms with Crippen LogP contribution in [0.15, 0.2) is 0 Å². The highest BCUT2D eigenvalue weighted by Crippen LogP contribution is 2.13. The lowest BCUT2D eigenvalue weighted by Gasteiger charge is -2.20. The van der Waals surface area contributed by atoms with Crippen LogP contribution in [0.4, 0.5) is 0 Å². The Bertz CT molecular complexity index is 83.3. The third-order valence-electron chi connectivity index (χ3n) is 1.66. The standard InChI is InChI=1S/C8H18ClN/c1-5-8(9)7(2)6-10(3)4/h7-8H,5-6H2,1-4H3/t7-,8+/m0/s1. The number of nitrogens with zero attached hydrogens (tertiary/aromatic N) is 1. The summed E-state index contributed by atoms with van der Waals surface area (Å²) in [5.74, 6) is 0.599. The SMILES string of the molecule is CC[C@@H](Cl)[C@@H](C)CN(C)C. The highest BCUT2D eigenvalue weighted by atomic mass is 35.5. The molecule has 0 bridgehead atoms. The van der Waals surface area contributed by atoms with Crippen LogP contribution < -0.4 is 0 Å². The number of hydrogen-bond donors (Lipinski definition) is 0. The Morgan fingerprint density at radius 1 is 1.40 bits per heavy atom. The van der Waals surface area contributed by atoms with Gasteiger partial charge in [0.1, 0.15) is 0 Å². The molecular formula is C8H18ClN. The second-order valence-corrected chi connectivity index (χ2v) is 3.72. The second-order valence-electron chi connectivity index (χ2n) is 3.16. The molecule has 0 rings (SSSR count). The van der Waals surface area contributed by atoms with Crippen LogP contribution in [0, 0.1) is 5.92 Å². The molecular weight excluding hydrogens is 146 g/mol. The normalized spacial score (nSPS) is 17.4. The van der Waals surface area contributed by atoms with Crippen LogP contribution in [0.25, 0.3) is 0 Å². The van der Waals surface area contributed by atoms with Crippen LogP contribution in [0.2, 0.25) is 0 Å². The van der Waals surface area contributed by atoms with Crippen LogP contribution in [0.3, 0.4) is 0 Å². The molecule has 0 aliphatic rings. The van der Waals surface area contributed by atoms with Crippen LogP contribution >= 0.6 is 11.6 Å². The summed E-state index contributed by atoms with van der Waals surface area (Å²) in [6.45, 7) is 5.41. The molecule has 0 heterocycles. The highest BCUT2D eigenvalue weighted by Gasteiger charge is 2.12. The Hall–Kier alpha value is 0.250. The molecule has 62 valence electrons. The summed E-state index contributed by atoms with van der Waals surface area (Å²) in [4.78, 5) is 2.18. The van der Waals surface area contributed by atoms with Crippen molar-refractivity contribution in [1.82, 2.24) is 4.90 Å². The Kier molecular flexibility index (Phi) is 5.10. The summed E-state index contributed by atoms with van der Waals surface area (Å²) in [6.07, 6.45) is 1.07. The van der Waals surface area contributed by atoms with Gasteiger partial charge in [-0.25, -0.2) is 0 Å². The Labute approximate surface area is 69.4 Å².